The standard InChI is InChI=1S/C22H30N6O/c29-21(24-15-19-7-3-4-10-23-19)18-8-13-27(14-9-18)20-16-25-22(26-17-20)28-11-5-1-2-6-12-28/h3-4,7,10,16-18H,1-2,5-6,8-9,11-15H2,(H,24,29). The SMILES string of the molecule is O=C(NCc1ccccn1)C1CCN(c2cnc(N3CCCCCC3)nc2)CC1. The van der Waals surface area contributed by atoms with Crippen molar-refractivity contribution in [3.63, 3.8) is 0 Å². The van der Waals surface area contributed by atoms with Gasteiger partial charge in [0.15, 0.2) is 0 Å². The number of hydrogen-bond donors (Lipinski definition) is 1. The number of nitrogens with one attached hydrogen (secondary N) is 1. The summed E-state index contributed by atoms with van der Waals surface area (Å²) >= 11 is 0. The molecule has 0 saturated carbocycles. The molecule has 2 aliphatic heterocycles. The summed E-state index contributed by atoms with van der Waals surface area (Å²) in [5.41, 5.74) is 1.94. The largest absolute Gasteiger partial charge is 0.369 e. The molecule has 7 nitrogen and oxygen atoms in total. The molecule has 0 aromatic carbocycles. The molecular weight excluding hydrogens is 364 g/mol. The number of aromatic nitrogens is 3. The van der Waals surface area contributed by atoms with Crippen LogP contribution >= 0.6 is 0 Å². The normalized spacial score (nSPS) is 18.3. The minimum Gasteiger partial charge on any atom is -0.369 e. The molecule has 2 aliphatic rings. The van der Waals surface area contributed by atoms with E-state index in [2.05, 4.69) is 30.1 Å². The summed E-state index contributed by atoms with van der Waals surface area (Å²) in [6.07, 6.45) is 12.4. The minimum atomic E-state index is 0.0623. The number of piperidine rings is 1. The van der Waals surface area contributed by atoms with E-state index in [-0.39, 0.29) is 11.8 Å². The highest BCUT2D eigenvalue weighted by molar-refractivity contribution is 5.78. The first-order valence-electron chi connectivity index (χ1n) is 10.8. The number of rotatable bonds is 5. The molecule has 2 saturated heterocycles. The van der Waals surface area contributed by atoms with Crippen molar-refractivity contribution in [3.8, 4) is 0 Å². The molecule has 0 spiro atoms. The lowest BCUT2D eigenvalue weighted by atomic mass is 9.95. The van der Waals surface area contributed by atoms with Crippen molar-refractivity contribution in [1.29, 1.82) is 0 Å². The van der Waals surface area contributed by atoms with Crippen LogP contribution in [-0.2, 0) is 11.3 Å². The Morgan fingerprint density at radius 3 is 2.31 bits per heavy atom. The fraction of sp³-hybridized carbons (Fsp3) is 0.545. The summed E-state index contributed by atoms with van der Waals surface area (Å²) in [6, 6.07) is 5.75. The number of nitrogens with zero attached hydrogens (tertiary/aromatic N) is 5. The van der Waals surface area contributed by atoms with E-state index in [1.165, 1.54) is 25.7 Å². The summed E-state index contributed by atoms with van der Waals surface area (Å²) in [4.78, 5) is 30.6. The highest BCUT2D eigenvalue weighted by Crippen LogP contribution is 2.24. The Kier molecular flexibility index (Phi) is 6.54. The van der Waals surface area contributed by atoms with Crippen LogP contribution in [0, 0.1) is 5.92 Å². The molecule has 1 amide bonds. The molecule has 2 fully saturated rings. The van der Waals surface area contributed by atoms with Gasteiger partial charge in [-0.2, -0.15) is 0 Å². The van der Waals surface area contributed by atoms with Gasteiger partial charge < -0.3 is 15.1 Å². The summed E-state index contributed by atoms with van der Waals surface area (Å²) in [7, 11) is 0. The monoisotopic (exact) mass is 394 g/mol. The third-order valence-electron chi connectivity index (χ3n) is 5.91. The fourth-order valence-corrected chi connectivity index (χ4v) is 4.14. The van der Waals surface area contributed by atoms with Gasteiger partial charge in [-0.25, -0.2) is 9.97 Å². The third-order valence-corrected chi connectivity index (χ3v) is 5.91. The smallest absolute Gasteiger partial charge is 0.225 e. The average Bonchev–Trinajstić information content (AvgIpc) is 3.08. The summed E-state index contributed by atoms with van der Waals surface area (Å²) < 4.78 is 0. The van der Waals surface area contributed by atoms with Crippen molar-refractivity contribution in [2.45, 2.75) is 45.1 Å². The fourth-order valence-electron chi connectivity index (χ4n) is 4.14. The minimum absolute atomic E-state index is 0.0623. The maximum Gasteiger partial charge on any atom is 0.225 e. The van der Waals surface area contributed by atoms with Crippen molar-refractivity contribution in [2.24, 2.45) is 5.92 Å². The summed E-state index contributed by atoms with van der Waals surface area (Å²) in [5.74, 6) is 1.04. The van der Waals surface area contributed by atoms with Crippen LogP contribution in [0.1, 0.15) is 44.2 Å². The first-order valence-corrected chi connectivity index (χ1v) is 10.8. The molecule has 7 heteroatoms. The van der Waals surface area contributed by atoms with Crippen molar-refractivity contribution in [3.05, 3.63) is 42.5 Å². The van der Waals surface area contributed by atoms with Crippen molar-refractivity contribution in [1.82, 2.24) is 20.3 Å². The zero-order chi connectivity index (χ0) is 19.9. The summed E-state index contributed by atoms with van der Waals surface area (Å²) in [6.45, 7) is 4.31. The second-order valence-electron chi connectivity index (χ2n) is 7.94. The van der Waals surface area contributed by atoms with Crippen LogP contribution in [0.25, 0.3) is 0 Å². The van der Waals surface area contributed by atoms with Crippen LogP contribution in [0.15, 0.2) is 36.8 Å². The topological polar surface area (TPSA) is 74.2 Å². The molecule has 0 bridgehead atoms. The molecule has 0 radical (unpaired) electrons. The lowest BCUT2D eigenvalue weighted by molar-refractivity contribution is -0.125. The second-order valence-corrected chi connectivity index (χ2v) is 7.94. The van der Waals surface area contributed by atoms with E-state index in [0.717, 1.165) is 56.4 Å². The molecule has 0 unspecified atom stereocenters. The molecule has 154 valence electrons. The average molecular weight is 395 g/mol. The Morgan fingerprint density at radius 2 is 1.66 bits per heavy atom. The van der Waals surface area contributed by atoms with Gasteiger partial charge in [0.25, 0.3) is 0 Å². The number of amides is 1. The van der Waals surface area contributed by atoms with Crippen LogP contribution in [0.3, 0.4) is 0 Å². The molecule has 2 aromatic rings. The Hall–Kier alpha value is -2.70. The number of hydrogen-bond acceptors (Lipinski definition) is 6. The molecule has 1 N–H and O–H groups in total. The lowest BCUT2D eigenvalue weighted by Gasteiger charge is -2.32. The van der Waals surface area contributed by atoms with Crippen LogP contribution in [0.5, 0.6) is 0 Å². The summed E-state index contributed by atoms with van der Waals surface area (Å²) in [5, 5.41) is 3.02. The first-order chi connectivity index (χ1) is 14.3. The third kappa shape index (κ3) is 5.22. The van der Waals surface area contributed by atoms with E-state index < -0.39 is 0 Å². The molecule has 0 aliphatic carbocycles. The van der Waals surface area contributed by atoms with Crippen LogP contribution in [0.2, 0.25) is 0 Å². The predicted octanol–water partition coefficient (Wildman–Crippen LogP) is 2.78. The zero-order valence-corrected chi connectivity index (χ0v) is 17.0. The molecule has 0 atom stereocenters. The van der Waals surface area contributed by atoms with Gasteiger partial charge in [-0.15, -0.1) is 0 Å². The van der Waals surface area contributed by atoms with Crippen molar-refractivity contribution < 1.29 is 4.79 Å². The maximum absolute atomic E-state index is 12.5. The van der Waals surface area contributed by atoms with Crippen LogP contribution < -0.4 is 15.1 Å². The number of pyridine rings is 1. The Morgan fingerprint density at radius 1 is 0.931 bits per heavy atom. The van der Waals surface area contributed by atoms with Gasteiger partial charge in [0.1, 0.15) is 0 Å². The van der Waals surface area contributed by atoms with Gasteiger partial charge >= 0.3 is 0 Å². The highest BCUT2D eigenvalue weighted by atomic mass is 16.1. The van der Waals surface area contributed by atoms with Crippen molar-refractivity contribution >= 4 is 17.5 Å². The van der Waals surface area contributed by atoms with Gasteiger partial charge in [0.2, 0.25) is 11.9 Å². The van der Waals surface area contributed by atoms with Crippen molar-refractivity contribution in [2.75, 3.05) is 36.0 Å². The van der Waals surface area contributed by atoms with Gasteiger partial charge in [-0.05, 0) is 37.8 Å². The molecular formula is C22H30N6O. The second kappa shape index (κ2) is 9.67. The van der Waals surface area contributed by atoms with E-state index in [1.54, 1.807) is 6.20 Å². The first kappa shape index (κ1) is 19.6. The van der Waals surface area contributed by atoms with Gasteiger partial charge in [-0.3, -0.25) is 9.78 Å². The Labute approximate surface area is 172 Å². The lowest BCUT2D eigenvalue weighted by Crippen LogP contribution is -2.40. The number of carbonyl (C=O) groups is 1. The maximum atomic E-state index is 12.5. The van der Waals surface area contributed by atoms with E-state index in [1.807, 2.05) is 30.6 Å². The number of carbonyl (C=O) groups excluding carboxylic acids is 1. The van der Waals surface area contributed by atoms with Gasteiger partial charge in [-0.1, -0.05) is 18.9 Å². The van der Waals surface area contributed by atoms with E-state index in [4.69, 9.17) is 0 Å². The molecule has 2 aromatic heterocycles. The van der Waals surface area contributed by atoms with E-state index in [0.29, 0.717) is 6.54 Å². The van der Waals surface area contributed by atoms with E-state index in [9.17, 15) is 4.79 Å². The van der Waals surface area contributed by atoms with Crippen LogP contribution in [-0.4, -0.2) is 47.0 Å². The molecule has 29 heavy (non-hydrogen) atoms. The molecule has 4 rings (SSSR count). The number of anilines is 2. The van der Waals surface area contributed by atoms with E-state index >= 15 is 0 Å². The van der Waals surface area contributed by atoms with Crippen LogP contribution in [0.4, 0.5) is 11.6 Å². The van der Waals surface area contributed by atoms with Gasteiger partial charge in [0, 0.05) is 38.3 Å². The predicted molar refractivity (Wildman–Crippen MR) is 114 cm³/mol. The Bertz CT molecular complexity index is 766. The molecule has 4 heterocycles. The zero-order valence-electron chi connectivity index (χ0n) is 17.0. The quantitative estimate of drug-likeness (QED) is 0.841. The highest BCUT2D eigenvalue weighted by Gasteiger charge is 2.25. The Balaban J connectivity index is 1.26. The van der Waals surface area contributed by atoms with Gasteiger partial charge in [0.05, 0.1) is 30.3 Å².